The average molecular weight is 340 g/mol. The summed E-state index contributed by atoms with van der Waals surface area (Å²) in [7, 11) is 0. The Morgan fingerprint density at radius 3 is 2.45 bits per heavy atom. The van der Waals surface area contributed by atoms with Crippen LogP contribution in [0.2, 0.25) is 9.36 Å². The molecule has 1 aromatic carbocycles. The summed E-state index contributed by atoms with van der Waals surface area (Å²) < 4.78 is 38.9. The number of hydrogen-bond acceptors (Lipinski definition) is 2. The van der Waals surface area contributed by atoms with Gasteiger partial charge in [0.1, 0.15) is 0 Å². The Bertz CT molecular complexity index is 610. The number of halogens is 5. The molecule has 2 aromatic rings. The summed E-state index contributed by atoms with van der Waals surface area (Å²) in [4.78, 5) is 0. The summed E-state index contributed by atoms with van der Waals surface area (Å²) in [5.41, 5.74) is 0.430. The van der Waals surface area contributed by atoms with Gasteiger partial charge < -0.3 is 5.32 Å². The fraction of sp³-hybridized carbons (Fsp3) is 0.231. The Kier molecular flexibility index (Phi) is 4.52. The van der Waals surface area contributed by atoms with E-state index in [4.69, 9.17) is 23.2 Å². The van der Waals surface area contributed by atoms with Crippen LogP contribution in [-0.4, -0.2) is 0 Å². The van der Waals surface area contributed by atoms with Crippen LogP contribution < -0.4 is 5.32 Å². The van der Waals surface area contributed by atoms with Gasteiger partial charge in [-0.15, -0.1) is 11.3 Å². The zero-order valence-electron chi connectivity index (χ0n) is 10.3. The highest BCUT2D eigenvalue weighted by Gasteiger charge is 2.33. The molecule has 1 N–H and O–H groups in total. The monoisotopic (exact) mass is 339 g/mol. The van der Waals surface area contributed by atoms with Gasteiger partial charge in [-0.1, -0.05) is 23.2 Å². The van der Waals surface area contributed by atoms with Gasteiger partial charge in [-0.3, -0.25) is 0 Å². The molecule has 0 aliphatic heterocycles. The predicted molar refractivity (Wildman–Crippen MR) is 77.8 cm³/mol. The molecule has 0 aliphatic carbocycles. The van der Waals surface area contributed by atoms with Gasteiger partial charge in [0.2, 0.25) is 0 Å². The highest BCUT2D eigenvalue weighted by molar-refractivity contribution is 7.14. The van der Waals surface area contributed by atoms with Crippen molar-refractivity contribution in [1.82, 2.24) is 0 Å². The van der Waals surface area contributed by atoms with Crippen LogP contribution in [0.4, 0.5) is 18.9 Å². The fourth-order valence-electron chi connectivity index (χ4n) is 1.72. The highest BCUT2D eigenvalue weighted by Crippen LogP contribution is 2.37. The van der Waals surface area contributed by atoms with E-state index in [9.17, 15) is 13.2 Å². The molecule has 1 atom stereocenters. The molecule has 2 rings (SSSR count). The minimum Gasteiger partial charge on any atom is -0.378 e. The van der Waals surface area contributed by atoms with Gasteiger partial charge in [-0.25, -0.2) is 0 Å². The van der Waals surface area contributed by atoms with Crippen LogP contribution in [-0.2, 0) is 6.18 Å². The molecule has 0 spiro atoms. The third-order valence-electron chi connectivity index (χ3n) is 2.74. The molecule has 0 saturated carbocycles. The van der Waals surface area contributed by atoms with Gasteiger partial charge in [0.15, 0.2) is 0 Å². The standard InChI is InChI=1S/C13H10Cl2F3NS/c1-7(8-4-12(15)20-6-8)19-9-2-3-11(14)10(5-9)13(16,17)18/h2-7,19H,1H3. The maximum atomic E-state index is 12.8. The maximum Gasteiger partial charge on any atom is 0.417 e. The van der Waals surface area contributed by atoms with Crippen LogP contribution in [0.25, 0.3) is 0 Å². The number of hydrogen-bond donors (Lipinski definition) is 1. The summed E-state index contributed by atoms with van der Waals surface area (Å²) in [5.74, 6) is 0. The van der Waals surface area contributed by atoms with Crippen molar-refractivity contribution < 1.29 is 13.2 Å². The van der Waals surface area contributed by atoms with Crippen molar-refractivity contribution in [3.63, 3.8) is 0 Å². The van der Waals surface area contributed by atoms with Crippen molar-refractivity contribution in [2.45, 2.75) is 19.1 Å². The van der Waals surface area contributed by atoms with Gasteiger partial charge in [0.05, 0.1) is 14.9 Å². The van der Waals surface area contributed by atoms with Crippen molar-refractivity contribution in [3.8, 4) is 0 Å². The number of nitrogens with one attached hydrogen (secondary N) is 1. The van der Waals surface area contributed by atoms with E-state index in [1.165, 1.54) is 23.5 Å². The second kappa shape index (κ2) is 5.84. The van der Waals surface area contributed by atoms with E-state index in [0.29, 0.717) is 10.0 Å². The van der Waals surface area contributed by atoms with Crippen LogP contribution in [0.5, 0.6) is 0 Å². The Labute approximate surface area is 128 Å². The topological polar surface area (TPSA) is 12.0 Å². The third-order valence-corrected chi connectivity index (χ3v) is 4.18. The van der Waals surface area contributed by atoms with Crippen molar-refractivity contribution in [3.05, 3.63) is 50.1 Å². The van der Waals surface area contributed by atoms with Crippen molar-refractivity contribution in [2.75, 3.05) is 5.32 Å². The summed E-state index contributed by atoms with van der Waals surface area (Å²) in [6.45, 7) is 1.85. The second-order valence-corrected chi connectivity index (χ2v) is 6.19. The first kappa shape index (κ1) is 15.5. The zero-order chi connectivity index (χ0) is 14.9. The lowest BCUT2D eigenvalue weighted by atomic mass is 10.1. The van der Waals surface area contributed by atoms with E-state index >= 15 is 0 Å². The molecule has 0 radical (unpaired) electrons. The van der Waals surface area contributed by atoms with Crippen LogP contribution >= 0.6 is 34.5 Å². The second-order valence-electron chi connectivity index (χ2n) is 4.24. The molecule has 0 fully saturated rings. The highest BCUT2D eigenvalue weighted by atomic mass is 35.5. The molecule has 1 heterocycles. The van der Waals surface area contributed by atoms with Crippen molar-refractivity contribution in [2.24, 2.45) is 0 Å². The first-order chi connectivity index (χ1) is 9.27. The summed E-state index contributed by atoms with van der Waals surface area (Å²) in [6.07, 6.45) is -4.47. The Morgan fingerprint density at radius 2 is 1.90 bits per heavy atom. The Hall–Kier alpha value is -0.910. The van der Waals surface area contributed by atoms with E-state index in [2.05, 4.69) is 5.32 Å². The lowest BCUT2D eigenvalue weighted by molar-refractivity contribution is -0.137. The van der Waals surface area contributed by atoms with Gasteiger partial charge in [-0.2, -0.15) is 13.2 Å². The molecule has 0 aliphatic rings. The number of rotatable bonds is 3. The SMILES string of the molecule is CC(Nc1ccc(Cl)c(C(F)(F)F)c1)c1csc(Cl)c1. The number of anilines is 1. The predicted octanol–water partition coefficient (Wildman–Crippen LogP) is 6.25. The van der Waals surface area contributed by atoms with Crippen molar-refractivity contribution in [1.29, 1.82) is 0 Å². The summed E-state index contributed by atoms with van der Waals surface area (Å²) >= 11 is 12.8. The van der Waals surface area contributed by atoms with E-state index < -0.39 is 11.7 Å². The zero-order valence-corrected chi connectivity index (χ0v) is 12.6. The Balaban J connectivity index is 2.22. The average Bonchev–Trinajstić information content (AvgIpc) is 2.77. The van der Waals surface area contributed by atoms with Gasteiger partial charge in [-0.05, 0) is 42.1 Å². The lowest BCUT2D eigenvalue weighted by Gasteiger charge is -2.16. The van der Waals surface area contributed by atoms with Crippen LogP contribution in [0, 0.1) is 0 Å². The first-order valence-corrected chi connectivity index (χ1v) is 7.28. The molecular formula is C13H10Cl2F3NS. The van der Waals surface area contributed by atoms with Gasteiger partial charge >= 0.3 is 6.18 Å². The number of benzene rings is 1. The number of thiophene rings is 1. The van der Waals surface area contributed by atoms with Crippen molar-refractivity contribution >= 4 is 40.2 Å². The molecular weight excluding hydrogens is 330 g/mol. The number of alkyl halides is 3. The molecule has 0 amide bonds. The van der Waals surface area contributed by atoms with Gasteiger partial charge in [0, 0.05) is 11.7 Å². The maximum absolute atomic E-state index is 12.8. The molecule has 20 heavy (non-hydrogen) atoms. The summed E-state index contributed by atoms with van der Waals surface area (Å²) in [6, 6.07) is 5.39. The van der Waals surface area contributed by atoms with Crippen LogP contribution in [0.15, 0.2) is 29.6 Å². The Morgan fingerprint density at radius 1 is 1.20 bits per heavy atom. The first-order valence-electron chi connectivity index (χ1n) is 5.64. The minimum atomic E-state index is -4.47. The van der Waals surface area contributed by atoms with Gasteiger partial charge in [0.25, 0.3) is 0 Å². The molecule has 1 unspecified atom stereocenters. The molecule has 7 heteroatoms. The summed E-state index contributed by atoms with van der Waals surface area (Å²) in [5, 5.41) is 4.55. The van der Waals surface area contributed by atoms with Crippen LogP contribution in [0.1, 0.15) is 24.1 Å². The largest absolute Gasteiger partial charge is 0.417 e. The van der Waals surface area contributed by atoms with Crippen LogP contribution in [0.3, 0.4) is 0 Å². The normalized spacial score (nSPS) is 13.3. The fourth-order valence-corrected chi connectivity index (χ4v) is 2.93. The minimum absolute atomic E-state index is 0.152. The molecule has 1 nitrogen and oxygen atoms in total. The molecule has 1 aromatic heterocycles. The lowest BCUT2D eigenvalue weighted by Crippen LogP contribution is -2.09. The van der Waals surface area contributed by atoms with E-state index in [0.717, 1.165) is 11.6 Å². The molecule has 0 saturated heterocycles. The van der Waals surface area contributed by atoms with E-state index in [-0.39, 0.29) is 11.1 Å². The smallest absolute Gasteiger partial charge is 0.378 e. The third kappa shape index (κ3) is 3.59. The molecule has 0 bridgehead atoms. The molecule has 108 valence electrons. The quantitative estimate of drug-likeness (QED) is 0.697. The van der Waals surface area contributed by atoms with E-state index in [1.807, 2.05) is 12.3 Å². The van der Waals surface area contributed by atoms with E-state index in [1.54, 1.807) is 6.07 Å².